The summed E-state index contributed by atoms with van der Waals surface area (Å²) in [6.07, 6.45) is 0. The van der Waals surface area contributed by atoms with Gasteiger partial charge in [-0.3, -0.25) is 4.79 Å². The average Bonchev–Trinajstić information content (AvgIpc) is 2.66. The molecule has 0 radical (unpaired) electrons. The summed E-state index contributed by atoms with van der Waals surface area (Å²) in [5.41, 5.74) is 0.157. The predicted molar refractivity (Wildman–Crippen MR) is 96.4 cm³/mol. The molecule has 0 atom stereocenters. The molecule has 4 heteroatoms. The second-order valence-corrected chi connectivity index (χ2v) is 5.68. The normalized spacial score (nSPS) is 10.9. The van der Waals surface area contributed by atoms with E-state index in [0.717, 1.165) is 10.8 Å². The number of ketones is 1. The number of hydrogen-bond donors (Lipinski definition) is 0. The average molecular weight is 330 g/mol. The molecule has 0 aliphatic heterocycles. The predicted octanol–water partition coefficient (Wildman–Crippen LogP) is 4.19. The second kappa shape index (κ2) is 5.91. The lowest BCUT2D eigenvalue weighted by Crippen LogP contribution is -2.16. The number of para-hydroxylation sites is 1. The summed E-state index contributed by atoms with van der Waals surface area (Å²) < 4.78 is 10.7. The number of ether oxygens (including phenoxy) is 1. The summed E-state index contributed by atoms with van der Waals surface area (Å²) in [6, 6.07) is 19.8. The summed E-state index contributed by atoms with van der Waals surface area (Å²) in [5.74, 6) is 0.0180. The van der Waals surface area contributed by atoms with Crippen molar-refractivity contribution in [3.63, 3.8) is 0 Å². The lowest BCUT2D eigenvalue weighted by Gasteiger charge is -2.11. The van der Waals surface area contributed by atoms with E-state index in [1.54, 1.807) is 30.3 Å². The maximum absolute atomic E-state index is 13.2. The van der Waals surface area contributed by atoms with Crippen molar-refractivity contribution in [1.29, 1.82) is 0 Å². The summed E-state index contributed by atoms with van der Waals surface area (Å²) in [7, 11) is 1.50. The van der Waals surface area contributed by atoms with Gasteiger partial charge in [-0.15, -0.1) is 0 Å². The van der Waals surface area contributed by atoms with E-state index >= 15 is 0 Å². The van der Waals surface area contributed by atoms with Crippen LogP contribution in [-0.4, -0.2) is 12.9 Å². The minimum atomic E-state index is -0.654. The van der Waals surface area contributed by atoms with Crippen molar-refractivity contribution in [2.45, 2.75) is 0 Å². The van der Waals surface area contributed by atoms with Gasteiger partial charge in [0, 0.05) is 5.39 Å². The summed E-state index contributed by atoms with van der Waals surface area (Å²) in [6.45, 7) is 0. The Balaban J connectivity index is 2.00. The van der Waals surface area contributed by atoms with Gasteiger partial charge in [-0.2, -0.15) is 0 Å². The topological polar surface area (TPSA) is 56.5 Å². The SMILES string of the molecule is COc1ccc2ccccc2c1C(=O)c1cc2ccccc2oc1=O. The Morgan fingerprint density at radius 2 is 1.64 bits per heavy atom. The van der Waals surface area contributed by atoms with E-state index in [4.69, 9.17) is 9.15 Å². The third-order valence-electron chi connectivity index (χ3n) is 4.22. The number of methoxy groups -OCH3 is 1. The molecule has 1 heterocycles. The number of carbonyl (C=O) groups excluding carboxylic acids is 1. The summed E-state index contributed by atoms with van der Waals surface area (Å²) >= 11 is 0. The van der Waals surface area contributed by atoms with Crippen molar-refractivity contribution in [2.24, 2.45) is 0 Å². The minimum absolute atomic E-state index is 0.00615. The van der Waals surface area contributed by atoms with Gasteiger partial charge in [0.05, 0.1) is 12.7 Å². The first-order valence-corrected chi connectivity index (χ1v) is 7.82. The van der Waals surface area contributed by atoms with E-state index in [-0.39, 0.29) is 5.56 Å². The van der Waals surface area contributed by atoms with Gasteiger partial charge in [0.1, 0.15) is 16.9 Å². The molecular weight excluding hydrogens is 316 g/mol. The molecule has 0 saturated heterocycles. The van der Waals surface area contributed by atoms with Gasteiger partial charge in [0.25, 0.3) is 0 Å². The zero-order chi connectivity index (χ0) is 17.4. The summed E-state index contributed by atoms with van der Waals surface area (Å²) in [4.78, 5) is 25.5. The lowest BCUT2D eigenvalue weighted by atomic mass is 9.96. The first-order valence-electron chi connectivity index (χ1n) is 7.82. The van der Waals surface area contributed by atoms with Crippen molar-refractivity contribution < 1.29 is 13.9 Å². The molecule has 4 aromatic rings. The van der Waals surface area contributed by atoms with Gasteiger partial charge in [-0.1, -0.05) is 48.5 Å². The van der Waals surface area contributed by atoms with Gasteiger partial charge in [0.15, 0.2) is 0 Å². The van der Waals surface area contributed by atoms with E-state index in [9.17, 15) is 9.59 Å². The maximum Gasteiger partial charge on any atom is 0.347 e. The molecule has 4 nitrogen and oxygen atoms in total. The fourth-order valence-corrected chi connectivity index (χ4v) is 3.01. The molecule has 0 unspecified atom stereocenters. The maximum atomic E-state index is 13.2. The van der Waals surface area contributed by atoms with Crippen LogP contribution in [0.15, 0.2) is 75.9 Å². The van der Waals surface area contributed by atoms with Gasteiger partial charge < -0.3 is 9.15 Å². The van der Waals surface area contributed by atoms with Crippen LogP contribution in [0.3, 0.4) is 0 Å². The van der Waals surface area contributed by atoms with E-state index in [1.165, 1.54) is 7.11 Å². The molecule has 0 fully saturated rings. The van der Waals surface area contributed by atoms with Crippen molar-refractivity contribution in [1.82, 2.24) is 0 Å². The Morgan fingerprint density at radius 3 is 2.44 bits per heavy atom. The van der Waals surface area contributed by atoms with Crippen molar-refractivity contribution in [2.75, 3.05) is 7.11 Å². The van der Waals surface area contributed by atoms with Crippen molar-refractivity contribution >= 4 is 27.5 Å². The molecule has 1 aromatic heterocycles. The van der Waals surface area contributed by atoms with Gasteiger partial charge in [0.2, 0.25) is 5.78 Å². The lowest BCUT2D eigenvalue weighted by molar-refractivity contribution is 0.103. The third-order valence-corrected chi connectivity index (χ3v) is 4.22. The molecule has 0 aliphatic rings. The highest BCUT2D eigenvalue weighted by Crippen LogP contribution is 2.30. The molecule has 0 aliphatic carbocycles. The molecule has 122 valence electrons. The highest BCUT2D eigenvalue weighted by atomic mass is 16.5. The van der Waals surface area contributed by atoms with Gasteiger partial charge in [-0.25, -0.2) is 4.79 Å². The molecule has 0 amide bonds. The van der Waals surface area contributed by atoms with Crippen LogP contribution in [0, 0.1) is 0 Å². The number of rotatable bonds is 3. The van der Waals surface area contributed by atoms with E-state index in [0.29, 0.717) is 22.3 Å². The molecule has 4 rings (SSSR count). The number of fused-ring (bicyclic) bond motifs is 2. The molecule has 3 aromatic carbocycles. The van der Waals surface area contributed by atoms with Crippen molar-refractivity contribution in [3.8, 4) is 5.75 Å². The fraction of sp³-hybridized carbons (Fsp3) is 0.0476. The van der Waals surface area contributed by atoms with E-state index in [1.807, 2.05) is 36.4 Å². The van der Waals surface area contributed by atoms with Gasteiger partial charge in [-0.05, 0) is 29.0 Å². The molecule has 0 N–H and O–H groups in total. The quantitative estimate of drug-likeness (QED) is 0.417. The molecular formula is C21H14O4. The first kappa shape index (κ1) is 15.1. The van der Waals surface area contributed by atoms with Crippen LogP contribution in [0.4, 0.5) is 0 Å². The van der Waals surface area contributed by atoms with Crippen LogP contribution in [0.1, 0.15) is 15.9 Å². The monoisotopic (exact) mass is 330 g/mol. The van der Waals surface area contributed by atoms with Crippen LogP contribution in [0.25, 0.3) is 21.7 Å². The van der Waals surface area contributed by atoms with Gasteiger partial charge >= 0.3 is 5.63 Å². The smallest absolute Gasteiger partial charge is 0.347 e. The zero-order valence-corrected chi connectivity index (χ0v) is 13.5. The molecule has 25 heavy (non-hydrogen) atoms. The van der Waals surface area contributed by atoms with Crippen molar-refractivity contribution in [3.05, 3.63) is 88.3 Å². The molecule has 0 bridgehead atoms. The Hall–Kier alpha value is -3.40. The Kier molecular flexibility index (Phi) is 3.58. The largest absolute Gasteiger partial charge is 0.496 e. The Bertz CT molecular complexity index is 1170. The van der Waals surface area contributed by atoms with Crippen LogP contribution >= 0.6 is 0 Å². The third kappa shape index (κ3) is 2.48. The van der Waals surface area contributed by atoms with Crippen LogP contribution in [0.5, 0.6) is 5.75 Å². The van der Waals surface area contributed by atoms with Crippen LogP contribution in [0.2, 0.25) is 0 Å². The zero-order valence-electron chi connectivity index (χ0n) is 13.5. The van der Waals surface area contributed by atoms with E-state index < -0.39 is 11.4 Å². The summed E-state index contributed by atoms with van der Waals surface area (Å²) in [5, 5.41) is 2.33. The highest BCUT2D eigenvalue weighted by molar-refractivity contribution is 6.18. The van der Waals surface area contributed by atoms with Crippen LogP contribution in [-0.2, 0) is 0 Å². The van der Waals surface area contributed by atoms with E-state index in [2.05, 4.69) is 0 Å². The molecule has 0 saturated carbocycles. The fourth-order valence-electron chi connectivity index (χ4n) is 3.01. The Morgan fingerprint density at radius 1 is 0.920 bits per heavy atom. The number of carbonyl (C=O) groups is 1. The minimum Gasteiger partial charge on any atom is -0.496 e. The number of hydrogen-bond acceptors (Lipinski definition) is 4. The standard InChI is InChI=1S/C21H14O4/c1-24-18-11-10-13-6-2-4-8-15(13)19(18)20(22)16-12-14-7-3-5-9-17(14)25-21(16)23/h2-12H,1H3. The highest BCUT2D eigenvalue weighted by Gasteiger charge is 2.22. The van der Waals surface area contributed by atoms with Crippen LogP contribution < -0.4 is 10.4 Å². The molecule has 0 spiro atoms. The second-order valence-electron chi connectivity index (χ2n) is 5.68. The number of benzene rings is 3. The Labute approximate surface area is 143 Å². The first-order chi connectivity index (χ1) is 12.2.